The monoisotopic (exact) mass is 521 g/mol. The molecule has 3 N–H and O–H groups in total. The third-order valence-corrected chi connectivity index (χ3v) is 7.42. The van der Waals surface area contributed by atoms with Gasteiger partial charge in [-0.05, 0) is 54.3 Å². The number of amides is 2. The van der Waals surface area contributed by atoms with Gasteiger partial charge in [-0.3, -0.25) is 14.8 Å². The molecule has 0 radical (unpaired) electrons. The van der Waals surface area contributed by atoms with Crippen LogP contribution in [0.3, 0.4) is 0 Å². The molecule has 0 saturated carbocycles. The van der Waals surface area contributed by atoms with Gasteiger partial charge in [-0.2, -0.15) is 4.31 Å². The molecule has 12 heteroatoms. The van der Waals surface area contributed by atoms with Crippen molar-refractivity contribution in [1.82, 2.24) is 15.1 Å². The predicted octanol–water partition coefficient (Wildman–Crippen LogP) is 2.04. The van der Waals surface area contributed by atoms with Crippen LogP contribution in [0.25, 0.3) is 0 Å². The van der Waals surface area contributed by atoms with Gasteiger partial charge in [-0.25, -0.2) is 13.9 Å². The zero-order valence-electron chi connectivity index (χ0n) is 20.4. The molecule has 0 bridgehead atoms. The summed E-state index contributed by atoms with van der Waals surface area (Å²) >= 11 is 0. The Labute approximate surface area is 210 Å². The minimum absolute atomic E-state index is 0.0493. The molecule has 11 nitrogen and oxygen atoms in total. The van der Waals surface area contributed by atoms with Gasteiger partial charge >= 0.3 is 0 Å². The molecule has 0 aliphatic carbocycles. The quantitative estimate of drug-likeness (QED) is 0.284. The molecule has 196 valence electrons. The van der Waals surface area contributed by atoms with Gasteiger partial charge in [0.2, 0.25) is 22.7 Å². The fourth-order valence-electron chi connectivity index (χ4n) is 3.62. The molecule has 0 spiro atoms. The summed E-state index contributed by atoms with van der Waals surface area (Å²) in [6.07, 6.45) is -0.281. The van der Waals surface area contributed by atoms with E-state index in [-0.39, 0.29) is 42.9 Å². The molecule has 36 heavy (non-hydrogen) atoms. The third kappa shape index (κ3) is 6.65. The summed E-state index contributed by atoms with van der Waals surface area (Å²) in [5.74, 6) is 0.375. The van der Waals surface area contributed by atoms with Crippen LogP contribution >= 0.6 is 0 Å². The van der Waals surface area contributed by atoms with Gasteiger partial charge in [0.25, 0.3) is 5.91 Å². The highest BCUT2D eigenvalue weighted by molar-refractivity contribution is 7.89. The molecule has 2 amide bonds. The van der Waals surface area contributed by atoms with Crippen molar-refractivity contribution in [3.05, 3.63) is 48.0 Å². The number of rotatable bonds is 12. The highest BCUT2D eigenvalue weighted by Gasteiger charge is 2.36. The fourth-order valence-corrected chi connectivity index (χ4v) is 5.23. The van der Waals surface area contributed by atoms with Crippen molar-refractivity contribution < 1.29 is 37.4 Å². The standard InChI is InChI=1S/C24H31N3O8S/c1-16(2)13-25-23(28)11-9-20(24(29)26-30)27(14-17-4-10-21-22(12-17)35-15-34-21)36(31,32)19-7-5-18(33-3)6-8-19/h4-8,10,12,16,20,30H,9,11,13-15H2,1-3H3,(H,25,28)(H,26,29)/t20-/m1/s1. The van der Waals surface area contributed by atoms with Crippen LogP contribution in [0.5, 0.6) is 17.2 Å². The van der Waals surface area contributed by atoms with Crippen LogP contribution < -0.4 is 25.0 Å². The number of carbonyl (C=O) groups excluding carboxylic acids is 2. The van der Waals surface area contributed by atoms with Crippen LogP contribution in [0.4, 0.5) is 0 Å². The highest BCUT2D eigenvalue weighted by Crippen LogP contribution is 2.34. The molecule has 1 aliphatic heterocycles. The minimum atomic E-state index is -4.26. The molecular formula is C24H31N3O8S. The van der Waals surface area contributed by atoms with E-state index in [1.807, 2.05) is 13.8 Å². The lowest BCUT2D eigenvalue weighted by Crippen LogP contribution is -2.49. The number of hydrogen-bond acceptors (Lipinski definition) is 8. The Bertz CT molecular complexity index is 1170. The summed E-state index contributed by atoms with van der Waals surface area (Å²) < 4.78 is 44.3. The second-order valence-corrected chi connectivity index (χ2v) is 10.5. The van der Waals surface area contributed by atoms with Crippen LogP contribution in [-0.2, 0) is 26.2 Å². The summed E-state index contributed by atoms with van der Waals surface area (Å²) in [4.78, 5) is 25.0. The number of nitrogens with one attached hydrogen (secondary N) is 2. The summed E-state index contributed by atoms with van der Waals surface area (Å²) in [5.41, 5.74) is 2.07. The fraction of sp³-hybridized carbons (Fsp3) is 0.417. The maximum atomic E-state index is 13.8. The van der Waals surface area contributed by atoms with E-state index in [4.69, 9.17) is 14.2 Å². The lowest BCUT2D eigenvalue weighted by Gasteiger charge is -2.29. The Hall–Kier alpha value is -3.35. The van der Waals surface area contributed by atoms with Crippen molar-refractivity contribution in [2.24, 2.45) is 5.92 Å². The first-order chi connectivity index (χ1) is 17.1. The van der Waals surface area contributed by atoms with E-state index in [1.54, 1.807) is 23.7 Å². The minimum Gasteiger partial charge on any atom is -0.497 e. The highest BCUT2D eigenvalue weighted by atomic mass is 32.2. The first-order valence-electron chi connectivity index (χ1n) is 11.4. The van der Waals surface area contributed by atoms with E-state index in [2.05, 4.69) is 5.32 Å². The van der Waals surface area contributed by atoms with Gasteiger partial charge < -0.3 is 19.5 Å². The van der Waals surface area contributed by atoms with Gasteiger partial charge in [-0.1, -0.05) is 19.9 Å². The zero-order valence-corrected chi connectivity index (χ0v) is 21.2. The molecule has 1 heterocycles. The molecular weight excluding hydrogens is 490 g/mol. The van der Waals surface area contributed by atoms with E-state index in [1.165, 1.54) is 31.4 Å². The summed E-state index contributed by atoms with van der Waals surface area (Å²) in [5, 5.41) is 12.2. The number of benzene rings is 2. The lowest BCUT2D eigenvalue weighted by molar-refractivity contribution is -0.133. The number of nitrogens with zero attached hydrogens (tertiary/aromatic N) is 1. The molecule has 2 aromatic rings. The molecule has 3 rings (SSSR count). The Morgan fingerprint density at radius 3 is 2.44 bits per heavy atom. The molecule has 0 fully saturated rings. The van der Waals surface area contributed by atoms with Crippen LogP contribution in [0.2, 0.25) is 0 Å². The number of ether oxygens (including phenoxy) is 3. The van der Waals surface area contributed by atoms with Crippen molar-refractivity contribution in [3.63, 3.8) is 0 Å². The number of fused-ring (bicyclic) bond motifs is 1. The number of methoxy groups -OCH3 is 1. The first-order valence-corrected chi connectivity index (χ1v) is 12.8. The van der Waals surface area contributed by atoms with Gasteiger partial charge in [0.15, 0.2) is 11.5 Å². The average molecular weight is 522 g/mol. The van der Waals surface area contributed by atoms with E-state index < -0.39 is 22.0 Å². The first kappa shape index (κ1) is 27.2. The van der Waals surface area contributed by atoms with Gasteiger partial charge in [0.05, 0.1) is 12.0 Å². The van der Waals surface area contributed by atoms with E-state index in [9.17, 15) is 23.2 Å². The Morgan fingerprint density at radius 1 is 1.11 bits per heavy atom. The maximum absolute atomic E-state index is 13.8. The van der Waals surface area contributed by atoms with Crippen LogP contribution in [0, 0.1) is 5.92 Å². The van der Waals surface area contributed by atoms with Crippen LogP contribution in [0.1, 0.15) is 32.3 Å². The second kappa shape index (κ2) is 12.1. The SMILES string of the molecule is COc1ccc(S(=O)(=O)N(Cc2ccc3c(c2)OCO3)[C@H](CCC(=O)NCC(C)C)C(=O)NO)cc1. The molecule has 0 aromatic heterocycles. The number of sulfonamides is 1. The zero-order chi connectivity index (χ0) is 26.3. The third-order valence-electron chi connectivity index (χ3n) is 5.55. The van der Waals surface area contributed by atoms with E-state index in [0.717, 1.165) is 4.31 Å². The van der Waals surface area contributed by atoms with Crippen molar-refractivity contribution in [2.45, 2.75) is 44.2 Å². The van der Waals surface area contributed by atoms with Crippen molar-refractivity contribution in [1.29, 1.82) is 0 Å². The van der Waals surface area contributed by atoms with Gasteiger partial charge in [-0.15, -0.1) is 0 Å². The molecule has 1 atom stereocenters. The maximum Gasteiger partial charge on any atom is 0.261 e. The Kier molecular flexibility index (Phi) is 9.13. The van der Waals surface area contributed by atoms with Crippen molar-refractivity contribution >= 4 is 21.8 Å². The van der Waals surface area contributed by atoms with E-state index >= 15 is 0 Å². The van der Waals surface area contributed by atoms with Crippen molar-refractivity contribution in [3.8, 4) is 17.2 Å². The van der Waals surface area contributed by atoms with Crippen LogP contribution in [0.15, 0.2) is 47.4 Å². The van der Waals surface area contributed by atoms with Gasteiger partial charge in [0, 0.05) is 19.5 Å². The molecule has 0 saturated heterocycles. The lowest BCUT2D eigenvalue weighted by atomic mass is 10.1. The summed E-state index contributed by atoms with van der Waals surface area (Å²) in [7, 11) is -2.80. The smallest absolute Gasteiger partial charge is 0.261 e. The normalized spacial score (nSPS) is 13.5. The predicted molar refractivity (Wildman–Crippen MR) is 129 cm³/mol. The molecule has 1 aliphatic rings. The number of hydrogen-bond donors (Lipinski definition) is 3. The van der Waals surface area contributed by atoms with Gasteiger partial charge in [0.1, 0.15) is 11.8 Å². The number of hydroxylamine groups is 1. The molecule has 0 unspecified atom stereocenters. The number of carbonyl (C=O) groups is 2. The largest absolute Gasteiger partial charge is 0.497 e. The summed E-state index contributed by atoms with van der Waals surface area (Å²) in [6, 6.07) is 9.27. The average Bonchev–Trinajstić information content (AvgIpc) is 3.34. The Morgan fingerprint density at radius 2 is 1.81 bits per heavy atom. The second-order valence-electron chi connectivity index (χ2n) is 8.64. The van der Waals surface area contributed by atoms with E-state index in [0.29, 0.717) is 29.4 Å². The topological polar surface area (TPSA) is 144 Å². The van der Waals surface area contributed by atoms with Crippen molar-refractivity contribution in [2.75, 3.05) is 20.4 Å². The molecule has 2 aromatic carbocycles. The summed E-state index contributed by atoms with van der Waals surface area (Å²) in [6.45, 7) is 4.15. The Balaban J connectivity index is 1.96. The van der Waals surface area contributed by atoms with Crippen LogP contribution in [-0.4, -0.2) is 56.2 Å².